The smallest absolute Gasteiger partial charge is 0.227 e. The van der Waals surface area contributed by atoms with Crippen LogP contribution in [0, 0.1) is 32.4 Å². The first-order valence-electron chi connectivity index (χ1n) is 46.9. The van der Waals surface area contributed by atoms with Gasteiger partial charge in [0.25, 0.3) is 0 Å². The van der Waals surface area contributed by atoms with Crippen molar-refractivity contribution in [2.45, 2.75) is 77.4 Å². The van der Waals surface area contributed by atoms with Gasteiger partial charge in [0.15, 0.2) is 66.4 Å². The fraction of sp³-hybridized carbons (Fsp3) is 0.143. The topological polar surface area (TPSA) is 450 Å². The summed E-state index contributed by atoms with van der Waals surface area (Å²) in [7, 11) is 0. The summed E-state index contributed by atoms with van der Waals surface area (Å²) in [4.78, 5) is 105. The summed E-state index contributed by atoms with van der Waals surface area (Å²) in [6, 6.07) is 37.3. The summed E-state index contributed by atoms with van der Waals surface area (Å²) >= 11 is 4.26. The molecule has 718 valence electrons. The van der Waals surface area contributed by atoms with Gasteiger partial charge >= 0.3 is 0 Å². The number of pyridine rings is 11. The maximum atomic E-state index is 13.7. The fourth-order valence-electron chi connectivity index (χ4n) is 18.5. The molecular formula is C105H80F4N32OS4. The number of rotatable bonds is 22. The zero-order valence-corrected chi connectivity index (χ0v) is 80.2. The molecule has 2 aliphatic rings. The second-order valence-corrected chi connectivity index (χ2v) is 39.4. The highest BCUT2D eigenvalue weighted by Crippen LogP contribution is 2.42. The van der Waals surface area contributed by atoms with Crippen LogP contribution in [0.5, 0.6) is 0 Å². The lowest BCUT2D eigenvalue weighted by Crippen LogP contribution is -2.24. The molecule has 2 fully saturated rings. The Labute approximate surface area is 840 Å². The molecule has 0 saturated heterocycles. The number of fused-ring (bicyclic) bond motifs is 8. The molecule has 2 saturated carbocycles. The molecule has 0 unspecified atom stereocenters. The molecule has 1 amide bonds. The predicted molar refractivity (Wildman–Crippen MR) is 557 cm³/mol. The van der Waals surface area contributed by atoms with Crippen molar-refractivity contribution >= 4 is 145 Å². The lowest BCUT2D eigenvalue weighted by atomic mass is 9.88. The van der Waals surface area contributed by atoms with E-state index in [9.17, 15) is 22.4 Å². The van der Waals surface area contributed by atoms with Crippen LogP contribution in [0.25, 0.3) is 221 Å². The SMILES string of the molecule is Fc1ccc(-c2cncc3[nH]c(-c4[nH]nc5ncc(-c6cncc(CNCC7CCCC7)c6)cc45)nc23)s1.Fc1ccc(-c2cncc3[nH]c(-c4[nH]nc5ncc(-c6cncc(CNCc7ccccc7)c6)cc45)nc23)s1.Fc1ccc(-c2cncc3[nH]c(-c4[nH]nc5ncc(-c6cncnc6)cc45)nc23)s1.O=C(Nc1cncc(-c2cnc3n[nH]c(-c4nc5c(-c6ccc(F)s6)cncc5[nH]4)c3c2)c1)C1CCCCC1. The molecule has 11 N–H and O–H groups in total. The zero-order valence-electron chi connectivity index (χ0n) is 77.0. The molecule has 1 aromatic carbocycles. The lowest BCUT2D eigenvalue weighted by molar-refractivity contribution is -0.120. The quantitative estimate of drug-likeness (QED) is 0.0281. The third kappa shape index (κ3) is 19.1. The van der Waals surface area contributed by atoms with Crippen LogP contribution < -0.4 is 16.0 Å². The minimum Gasteiger partial charge on any atom is -0.335 e. The van der Waals surface area contributed by atoms with E-state index in [0.717, 1.165) is 249 Å². The minimum absolute atomic E-state index is 0.0587. The standard InChI is InChI=1S/C29H21FN8S.C28H23FN8OS.C28H25FN8S.C20H11FN8S/c30-25-7-6-24(39-25)22-15-33-16-23-26(22)36-29(35-23)27-21-9-20(14-34-28(21)38-37-27)19-8-18(12-32-13-19)11-31-10-17-4-2-1-3-5-17;29-23-7-6-22(39-23)20-13-31-14-21-24(20)35-27(34-21)25-19-9-17(11-32-26(19)37-36-25)16-8-18(12-30-10-16)33-28(38)15-4-2-1-3-5-15;29-24-6-5-23(38-24)21-14-32-15-22-25(21)35-28(34-22)26-20-8-19(13-33-27(20)37-36-26)18-7-17(11-31-12-18)10-30-9-16-3-1-2-4-16;21-16-2-1-15(30-16)13-7-22-8-14-17(13)27-20(26-14)18-12-3-10(6-25-19(12)29-28-18)11-4-23-9-24-5-11/h1-9,12-16,31H,10-11H2,(H,35,36)(H,34,37,38);6-15H,1-5H2,(H,33,38)(H,34,35)(H,32,36,37);5-8,11-16,30H,1-4,9-10H2,(H,34,35)(H,33,36,37);1-9H,(H,26,27)(H,25,28,29). The van der Waals surface area contributed by atoms with E-state index in [4.69, 9.17) is 19.9 Å². The molecule has 41 heteroatoms. The van der Waals surface area contributed by atoms with E-state index in [0.29, 0.717) is 91.8 Å². The number of amides is 1. The minimum atomic E-state index is -0.261. The highest BCUT2D eigenvalue weighted by atomic mass is 32.1. The van der Waals surface area contributed by atoms with E-state index in [1.54, 1.807) is 117 Å². The number of H-pyrrole nitrogens is 8. The van der Waals surface area contributed by atoms with Crippen molar-refractivity contribution in [1.29, 1.82) is 0 Å². The van der Waals surface area contributed by atoms with Crippen LogP contribution in [0.3, 0.4) is 0 Å². The Balaban J connectivity index is 0.000000105. The van der Waals surface area contributed by atoms with Gasteiger partial charge in [0.1, 0.15) is 51.2 Å². The van der Waals surface area contributed by atoms with Crippen LogP contribution >= 0.6 is 45.3 Å². The first-order valence-corrected chi connectivity index (χ1v) is 50.2. The predicted octanol–water partition coefficient (Wildman–Crippen LogP) is 22.8. The van der Waals surface area contributed by atoms with Crippen LogP contribution in [-0.2, 0) is 24.4 Å². The molecule has 0 aliphatic heterocycles. The van der Waals surface area contributed by atoms with E-state index in [1.165, 1.54) is 68.3 Å². The molecule has 33 nitrogen and oxygen atoms in total. The van der Waals surface area contributed by atoms with Gasteiger partial charge in [-0.05, 0) is 146 Å². The average molecular weight is 2010 g/mol. The van der Waals surface area contributed by atoms with Gasteiger partial charge in [0, 0.05) is 205 Å². The second-order valence-electron chi connectivity index (χ2n) is 35.3. The van der Waals surface area contributed by atoms with Crippen molar-refractivity contribution in [3.63, 3.8) is 0 Å². The molecule has 24 aromatic heterocycles. The molecule has 24 heterocycles. The number of carbonyl (C=O) groups is 1. The summed E-state index contributed by atoms with van der Waals surface area (Å²) in [5.74, 6) is 3.32. The number of aromatic amines is 8. The summed E-state index contributed by atoms with van der Waals surface area (Å²) in [6.45, 7) is 3.35. The Kier molecular flexibility index (Phi) is 25.1. The number of aromatic nitrogens is 29. The Hall–Kier alpha value is -17.4. The van der Waals surface area contributed by atoms with Gasteiger partial charge in [-0.1, -0.05) is 62.4 Å². The van der Waals surface area contributed by atoms with Crippen molar-refractivity contribution < 1.29 is 22.4 Å². The van der Waals surface area contributed by atoms with E-state index < -0.39 is 0 Å². The van der Waals surface area contributed by atoms with Crippen LogP contribution in [0.4, 0.5) is 23.2 Å². The van der Waals surface area contributed by atoms with Gasteiger partial charge < -0.3 is 35.9 Å². The third-order valence-corrected chi connectivity index (χ3v) is 29.3. The zero-order chi connectivity index (χ0) is 98.1. The van der Waals surface area contributed by atoms with Gasteiger partial charge in [-0.25, -0.2) is 49.8 Å². The average Bonchev–Trinajstić information content (AvgIpc) is 1.62. The largest absolute Gasteiger partial charge is 0.335 e. The number of imidazole rings is 4. The Morgan fingerprint density at radius 3 is 1.04 bits per heavy atom. The van der Waals surface area contributed by atoms with Crippen LogP contribution in [0.15, 0.2) is 252 Å². The monoisotopic (exact) mass is 2010 g/mol. The molecule has 27 rings (SSSR count). The highest BCUT2D eigenvalue weighted by Gasteiger charge is 2.27. The summed E-state index contributed by atoms with van der Waals surface area (Å²) in [5.41, 5.74) is 25.4. The van der Waals surface area contributed by atoms with Crippen LogP contribution in [-0.4, -0.2) is 158 Å². The fourth-order valence-corrected chi connectivity index (χ4v) is 21.5. The van der Waals surface area contributed by atoms with E-state index in [2.05, 4.69) is 172 Å². The molecule has 0 radical (unpaired) electrons. The number of nitrogens with one attached hydrogen (secondary N) is 11. The van der Waals surface area contributed by atoms with Gasteiger partial charge in [0.2, 0.25) is 5.91 Å². The Bertz CT molecular complexity index is 9100. The molecule has 25 aromatic rings. The van der Waals surface area contributed by atoms with Crippen molar-refractivity contribution in [3.05, 3.63) is 289 Å². The van der Waals surface area contributed by atoms with Crippen molar-refractivity contribution in [2.24, 2.45) is 11.8 Å². The van der Waals surface area contributed by atoms with Crippen molar-refractivity contribution in [3.8, 4) is 132 Å². The molecule has 2 aliphatic carbocycles. The number of benzene rings is 1. The molecule has 146 heavy (non-hydrogen) atoms. The van der Waals surface area contributed by atoms with Crippen molar-refractivity contribution in [2.75, 3.05) is 11.9 Å². The highest BCUT2D eigenvalue weighted by molar-refractivity contribution is 7.15. The maximum Gasteiger partial charge on any atom is 0.227 e. The van der Waals surface area contributed by atoms with Crippen LogP contribution in [0.2, 0.25) is 0 Å². The molecule has 0 atom stereocenters. The summed E-state index contributed by atoms with van der Waals surface area (Å²) in [6.07, 6.45) is 47.2. The third-order valence-electron chi connectivity index (χ3n) is 25.7. The van der Waals surface area contributed by atoms with Gasteiger partial charge in [-0.2, -0.15) is 38.0 Å². The normalized spacial score (nSPS) is 13.0. The summed E-state index contributed by atoms with van der Waals surface area (Å²) in [5, 5.41) is 42.1. The van der Waals surface area contributed by atoms with Crippen LogP contribution in [0.1, 0.15) is 74.5 Å². The number of halogens is 4. The molecule has 0 spiro atoms. The Morgan fingerprint density at radius 1 is 0.322 bits per heavy atom. The number of anilines is 1. The van der Waals surface area contributed by atoms with Crippen molar-refractivity contribution in [1.82, 2.24) is 156 Å². The van der Waals surface area contributed by atoms with E-state index >= 15 is 0 Å². The molecule has 0 bridgehead atoms. The molecular weight excluding hydrogens is 1930 g/mol. The first-order chi connectivity index (χ1) is 71.8. The number of nitrogens with zero attached hydrogens (tertiary/aromatic N) is 21. The van der Waals surface area contributed by atoms with Gasteiger partial charge in [-0.15, -0.1) is 45.3 Å². The maximum absolute atomic E-state index is 13.7. The van der Waals surface area contributed by atoms with E-state index in [-0.39, 0.29) is 32.3 Å². The number of carbonyl (C=O) groups excluding carboxylic acids is 1. The summed E-state index contributed by atoms with van der Waals surface area (Å²) < 4.78 is 54.6. The number of hydrogen-bond donors (Lipinski definition) is 11. The first kappa shape index (κ1) is 91.1. The number of hydrogen-bond acceptors (Lipinski definition) is 28. The Morgan fingerprint density at radius 2 is 0.658 bits per heavy atom. The number of thiophene rings is 4. The van der Waals surface area contributed by atoms with Gasteiger partial charge in [-0.3, -0.25) is 60.1 Å². The van der Waals surface area contributed by atoms with Gasteiger partial charge in [0.05, 0.1) is 80.3 Å². The second kappa shape index (κ2) is 40.2. The van der Waals surface area contributed by atoms with E-state index in [1.807, 2.05) is 73.4 Å². The lowest BCUT2D eigenvalue weighted by Gasteiger charge is -2.20.